The number of benzene rings is 4. The van der Waals surface area contributed by atoms with Crippen LogP contribution in [0.2, 0.25) is 0 Å². The van der Waals surface area contributed by atoms with Gasteiger partial charge in [0.25, 0.3) is 0 Å². The van der Waals surface area contributed by atoms with E-state index in [2.05, 4.69) is 50.5 Å². The second-order valence-electron chi connectivity index (χ2n) is 17.5. The molecule has 6 aromatic rings. The summed E-state index contributed by atoms with van der Waals surface area (Å²) in [5.74, 6) is 3.47. The van der Waals surface area contributed by atoms with Gasteiger partial charge in [0.1, 0.15) is 47.9 Å². The first-order valence-electron chi connectivity index (χ1n) is 23.4. The van der Waals surface area contributed by atoms with Crippen molar-refractivity contribution in [2.24, 2.45) is 11.8 Å². The fourth-order valence-electron chi connectivity index (χ4n) is 7.67. The lowest BCUT2D eigenvalue weighted by molar-refractivity contribution is 0.220. The molecular weight excluding hydrogens is 858 g/mol. The summed E-state index contributed by atoms with van der Waals surface area (Å²) in [6.45, 7) is 12.6. The second-order valence-corrected chi connectivity index (χ2v) is 18.5. The summed E-state index contributed by atoms with van der Waals surface area (Å²) in [5.41, 5.74) is 7.35. The Balaban J connectivity index is 0.831. The van der Waals surface area contributed by atoms with Crippen LogP contribution in [0, 0.1) is 23.5 Å². The maximum Gasteiger partial charge on any atom is 0.697 e. The molecule has 12 heteroatoms. The molecule has 2 N–H and O–H groups in total. The third-order valence-corrected chi connectivity index (χ3v) is 11.7. The molecule has 352 valence electrons. The monoisotopic (exact) mass is 923 g/mol. The molecule has 0 aliphatic rings. The van der Waals surface area contributed by atoms with Gasteiger partial charge in [-0.1, -0.05) is 64.1 Å². The van der Waals surface area contributed by atoms with Gasteiger partial charge < -0.3 is 28.9 Å². The first-order valence-corrected chi connectivity index (χ1v) is 24.5. The Bertz CT molecular complexity index is 2210. The van der Waals surface area contributed by atoms with E-state index < -0.39 is 8.25 Å². The van der Waals surface area contributed by atoms with Crippen molar-refractivity contribution in [1.29, 1.82) is 0 Å². The molecule has 0 aliphatic carbocycles. The molecule has 6 rings (SSSR count). The maximum absolute atomic E-state index is 14.6. The smallest absolute Gasteiger partial charge is 0.493 e. The van der Waals surface area contributed by atoms with Gasteiger partial charge >= 0.3 is 8.25 Å². The Morgan fingerprint density at radius 1 is 0.545 bits per heavy atom. The molecule has 0 saturated heterocycles. The van der Waals surface area contributed by atoms with Gasteiger partial charge in [-0.25, -0.2) is 8.78 Å². The number of ether oxygens (including phenoxy) is 2. The maximum atomic E-state index is 14.6. The summed E-state index contributed by atoms with van der Waals surface area (Å²) >= 11 is 0. The lowest BCUT2D eigenvalue weighted by Crippen LogP contribution is -2.16. The topological polar surface area (TPSA) is 104 Å². The van der Waals surface area contributed by atoms with Crippen LogP contribution >= 0.6 is 8.25 Å². The molecule has 0 aliphatic heterocycles. The molecule has 0 saturated carbocycles. The quantitative estimate of drug-likeness (QED) is 0.0337. The Kier molecular flexibility index (Phi) is 20.4. The lowest BCUT2D eigenvalue weighted by Gasteiger charge is -2.13. The van der Waals surface area contributed by atoms with Crippen LogP contribution in [-0.4, -0.2) is 39.5 Å². The first-order chi connectivity index (χ1) is 32.1. The molecule has 9 nitrogen and oxygen atoms in total. The molecule has 0 radical (unpaired) electrons. The van der Waals surface area contributed by atoms with Gasteiger partial charge in [0.05, 0.1) is 36.9 Å². The van der Waals surface area contributed by atoms with Crippen LogP contribution < -0.4 is 20.1 Å². The zero-order chi connectivity index (χ0) is 46.5. The van der Waals surface area contributed by atoms with Crippen LogP contribution in [0.5, 0.6) is 11.5 Å². The summed E-state index contributed by atoms with van der Waals surface area (Å²) in [4.78, 5) is 0. The minimum Gasteiger partial charge on any atom is -0.493 e. The van der Waals surface area contributed by atoms with Gasteiger partial charge in [0, 0.05) is 17.7 Å². The number of hydrogen-bond acceptors (Lipinski definition) is 9. The van der Waals surface area contributed by atoms with E-state index in [1.54, 1.807) is 24.7 Å². The average molecular weight is 924 g/mol. The van der Waals surface area contributed by atoms with E-state index in [1.807, 2.05) is 72.8 Å². The normalized spacial score (nSPS) is 11.5. The van der Waals surface area contributed by atoms with Crippen molar-refractivity contribution >= 4 is 8.25 Å². The Hall–Kier alpha value is -5.16. The molecule has 66 heavy (non-hydrogen) atoms. The minimum atomic E-state index is -2.21. The molecule has 4 aromatic carbocycles. The van der Waals surface area contributed by atoms with E-state index >= 15 is 0 Å². The van der Waals surface area contributed by atoms with Crippen molar-refractivity contribution in [1.82, 2.24) is 10.6 Å². The highest BCUT2D eigenvalue weighted by molar-refractivity contribution is 7.33. The van der Waals surface area contributed by atoms with Crippen molar-refractivity contribution in [3.8, 4) is 34.1 Å². The number of hydrogen-bond donors (Lipinski definition) is 2. The van der Waals surface area contributed by atoms with Crippen molar-refractivity contribution in [2.45, 2.75) is 92.2 Å². The highest BCUT2D eigenvalue weighted by Crippen LogP contribution is 2.33. The van der Waals surface area contributed by atoms with Gasteiger partial charge in [-0.3, -0.25) is 0 Å². The van der Waals surface area contributed by atoms with Crippen molar-refractivity contribution in [3.63, 3.8) is 0 Å². The number of aryl methyl sites for hydroxylation is 2. The van der Waals surface area contributed by atoms with Crippen LogP contribution in [0.3, 0.4) is 0 Å². The molecule has 0 unspecified atom stereocenters. The molecule has 0 atom stereocenters. The summed E-state index contributed by atoms with van der Waals surface area (Å²) in [6.07, 6.45) is 9.07. The molecule has 2 heterocycles. The van der Waals surface area contributed by atoms with Crippen LogP contribution in [0.25, 0.3) is 22.6 Å². The van der Waals surface area contributed by atoms with Crippen molar-refractivity contribution in [2.75, 3.05) is 39.5 Å². The number of rotatable bonds is 30. The van der Waals surface area contributed by atoms with E-state index in [0.717, 1.165) is 106 Å². The number of halogens is 2. The molecule has 0 amide bonds. The predicted molar refractivity (Wildman–Crippen MR) is 258 cm³/mol. The fraction of sp³-hybridized carbons (Fsp3) is 0.407. The third-order valence-electron chi connectivity index (χ3n) is 10.9. The third kappa shape index (κ3) is 16.6. The summed E-state index contributed by atoms with van der Waals surface area (Å²) in [6, 6.07) is 30.8. The molecule has 0 bridgehead atoms. The van der Waals surface area contributed by atoms with Gasteiger partial charge in [-0.05, 0) is 170 Å². The van der Waals surface area contributed by atoms with Gasteiger partial charge in [-0.2, -0.15) is 0 Å². The van der Waals surface area contributed by atoms with Crippen molar-refractivity contribution in [3.05, 3.63) is 155 Å². The molecule has 2 aromatic heterocycles. The van der Waals surface area contributed by atoms with Gasteiger partial charge in [0.2, 0.25) is 0 Å². The highest BCUT2D eigenvalue weighted by atomic mass is 31.1. The highest BCUT2D eigenvalue weighted by Gasteiger charge is 2.19. The van der Waals surface area contributed by atoms with E-state index in [1.165, 1.54) is 0 Å². The Morgan fingerprint density at radius 3 is 1.38 bits per heavy atom. The van der Waals surface area contributed by atoms with Crippen LogP contribution in [0.4, 0.5) is 8.78 Å². The Morgan fingerprint density at radius 2 is 0.985 bits per heavy atom. The van der Waals surface area contributed by atoms with E-state index in [-0.39, 0.29) is 11.6 Å². The van der Waals surface area contributed by atoms with E-state index in [0.29, 0.717) is 77.3 Å². The second kappa shape index (κ2) is 26.9. The zero-order valence-electron chi connectivity index (χ0n) is 38.9. The summed E-state index contributed by atoms with van der Waals surface area (Å²) in [5, 5.41) is 6.85. The van der Waals surface area contributed by atoms with Crippen LogP contribution in [0.1, 0.15) is 86.8 Å². The molecule has 0 spiro atoms. The zero-order valence-corrected chi connectivity index (χ0v) is 39.8. The lowest BCUT2D eigenvalue weighted by atomic mass is 10.00. The number of nitrogens with one attached hydrogen (secondary N) is 2. The summed E-state index contributed by atoms with van der Waals surface area (Å²) in [7, 11) is -2.21. The SMILES string of the molecule is CC(C)Cc1ccc(CCCOc2ccc(CNCCCO[P+](=O)OCCCNCc3ccc(OCCCc4ccc(CC(C)C)c(F)c4)c(-c4ccco4)c3)cc2-c2ccco2)cc1F. The average Bonchev–Trinajstić information content (AvgIpc) is 4.05. The van der Waals surface area contributed by atoms with E-state index in [4.69, 9.17) is 27.4 Å². The predicted octanol–water partition coefficient (Wildman–Crippen LogP) is 13.3. The molecular formula is C54H66F2N2O7P+. The van der Waals surface area contributed by atoms with Crippen LogP contribution in [-0.2, 0) is 52.4 Å². The standard InChI is InChI=1S/C54H66F2N2O7P/c1-39(2)31-45-19-15-41(35-49(45)55)11-5-25-62-53-21-17-43(33-47(53)51-13-7-27-60-51)37-57-23-9-29-64-66(59)65-30-10-24-58-38-44-18-22-54(48(34-44)52-14-8-28-61-52)63-26-6-12-42-16-20-46(32-40(3)4)50(56)36-42/h7-8,13-22,27-28,33-36,39-40,57-58H,5-6,9-12,23-26,29-32,37-38H2,1-4H3/q+1. The van der Waals surface area contributed by atoms with Gasteiger partial charge in [0.15, 0.2) is 0 Å². The van der Waals surface area contributed by atoms with Crippen molar-refractivity contribution < 1.29 is 40.7 Å². The Labute approximate surface area is 390 Å². The number of furan rings is 2. The van der Waals surface area contributed by atoms with Crippen LogP contribution in [0.15, 0.2) is 118 Å². The van der Waals surface area contributed by atoms with Gasteiger partial charge in [-0.15, -0.1) is 9.05 Å². The summed E-state index contributed by atoms with van der Waals surface area (Å²) < 4.78 is 76.2. The fourth-order valence-corrected chi connectivity index (χ4v) is 8.30. The minimum absolute atomic E-state index is 0.132. The largest absolute Gasteiger partial charge is 0.697 e. The van der Waals surface area contributed by atoms with E-state index in [9.17, 15) is 13.3 Å². The first kappa shape index (κ1) is 50.3. The molecule has 0 fully saturated rings.